The van der Waals surface area contributed by atoms with Crippen molar-refractivity contribution in [3.63, 3.8) is 0 Å². The van der Waals surface area contributed by atoms with Crippen LogP contribution in [0.3, 0.4) is 0 Å². The van der Waals surface area contributed by atoms with Crippen LogP contribution in [0.1, 0.15) is 38.5 Å². The predicted octanol–water partition coefficient (Wildman–Crippen LogP) is -11.0. The zero-order chi connectivity index (χ0) is 62.6. The average Bonchev–Trinajstić information content (AvgIpc) is 2.25. The first kappa shape index (κ1) is 72.3. The van der Waals surface area contributed by atoms with E-state index in [1.165, 1.54) is 0 Å². The van der Waals surface area contributed by atoms with Crippen molar-refractivity contribution in [1.82, 2.24) is 16.4 Å². The molecular weight excluding hydrogens is 1150 g/mol. The Hall–Kier alpha value is -4.15. The molecule has 4 saturated heterocycles. The van der Waals surface area contributed by atoms with Gasteiger partial charge in [0.25, 0.3) is 0 Å². The third kappa shape index (κ3) is 22.2. The number of hydrogen-bond donors (Lipinski definition) is 16. The smallest absolute Gasteiger partial charge is 0.303 e. The van der Waals surface area contributed by atoms with Gasteiger partial charge in [-0.1, -0.05) is 0 Å². The van der Waals surface area contributed by atoms with Gasteiger partial charge >= 0.3 is 17.9 Å². The van der Waals surface area contributed by atoms with Gasteiger partial charge in [0.05, 0.1) is 84.9 Å². The van der Waals surface area contributed by atoms with Crippen LogP contribution in [0.25, 0.3) is 0 Å². The van der Waals surface area contributed by atoms with Crippen LogP contribution in [0.2, 0.25) is 0 Å². The molecule has 21 unspecified atom stereocenters. The van der Waals surface area contributed by atoms with Crippen LogP contribution in [0.5, 0.6) is 0 Å². The quantitative estimate of drug-likeness (QED) is 0.0154. The van der Waals surface area contributed by atoms with Crippen LogP contribution >= 0.6 is 0 Å². The first-order valence-electron chi connectivity index (χ1n) is 26.3. The van der Waals surface area contributed by atoms with Crippen molar-refractivity contribution in [3.8, 4) is 0 Å². The van der Waals surface area contributed by atoms with Crippen LogP contribution in [0.4, 0.5) is 0 Å². The molecule has 24 atom stereocenters. The van der Waals surface area contributed by atoms with E-state index in [1.54, 1.807) is 21.1 Å². The molecule has 37 heteroatoms. The molecule has 0 amide bonds. The number of hydroxylamine groups is 3. The number of carbonyl (C=O) groups excluding carboxylic acids is 4. The molecule has 37 nitrogen and oxygen atoms in total. The van der Waals surface area contributed by atoms with Gasteiger partial charge in [-0.05, 0) is 19.3 Å². The van der Waals surface area contributed by atoms with Gasteiger partial charge in [0.2, 0.25) is 6.29 Å². The van der Waals surface area contributed by atoms with Crippen molar-refractivity contribution in [2.24, 2.45) is 0 Å². The number of ether oxygens (including phenoxy) is 9. The third-order valence-corrected chi connectivity index (χ3v) is 13.1. The molecule has 0 spiro atoms. The highest BCUT2D eigenvalue weighted by Crippen LogP contribution is 2.35. The Kier molecular flexibility index (Phi) is 30.1. The maximum absolute atomic E-state index is 11.8. The van der Waals surface area contributed by atoms with Crippen molar-refractivity contribution in [2.75, 3.05) is 67.3 Å². The van der Waals surface area contributed by atoms with E-state index in [4.69, 9.17) is 72.5 Å². The summed E-state index contributed by atoms with van der Waals surface area (Å²) in [5, 5.41) is 151. The molecule has 4 aliphatic heterocycles. The van der Waals surface area contributed by atoms with Crippen LogP contribution in [0, 0.1) is 0 Å². The number of carbonyl (C=O) groups is 7. The Morgan fingerprint density at radius 2 is 0.893 bits per heavy atom. The number of quaternary nitrogens is 1. The Bertz CT molecular complexity index is 2050. The maximum atomic E-state index is 11.8. The fourth-order valence-corrected chi connectivity index (χ4v) is 8.84. The van der Waals surface area contributed by atoms with E-state index in [2.05, 4.69) is 16.4 Å². The lowest BCUT2D eigenvalue weighted by atomic mass is 9.95. The molecule has 0 aromatic carbocycles. The molecule has 4 rings (SSSR count). The molecule has 4 fully saturated rings. The molecule has 16 N–H and O–H groups in total. The second kappa shape index (κ2) is 35.0. The van der Waals surface area contributed by atoms with Crippen LogP contribution < -0.4 is 21.5 Å². The number of aliphatic hydroxyl groups is 10. The molecule has 0 radical (unpaired) electrons. The predicted molar refractivity (Wildman–Crippen MR) is 261 cm³/mol. The van der Waals surface area contributed by atoms with Gasteiger partial charge < -0.3 is 138 Å². The molecule has 4 aliphatic rings. The molecule has 0 saturated carbocycles. The van der Waals surface area contributed by atoms with Gasteiger partial charge in [0.15, 0.2) is 18.9 Å². The number of aliphatic hydroxyl groups excluding tert-OH is 10. The van der Waals surface area contributed by atoms with Gasteiger partial charge in [-0.2, -0.15) is 16.4 Å². The molecule has 0 aromatic heterocycles. The third-order valence-electron chi connectivity index (χ3n) is 13.1. The van der Waals surface area contributed by atoms with Crippen LogP contribution in [-0.2, 0) is 90.7 Å². The Labute approximate surface area is 478 Å². The molecule has 0 bridgehead atoms. The minimum Gasteiger partial charge on any atom is -0.548 e. The van der Waals surface area contributed by atoms with Crippen molar-refractivity contribution < 1.29 is 167 Å². The summed E-state index contributed by atoms with van der Waals surface area (Å²) in [5.41, 5.74) is 6.78. The standard InChI is InChI=1S/C47H78N4O33/c1-51(2,3)10-23(56)15-73-16-25-41(82-46-38(71)35(68)43(83-49-21(12-53)5-8-29(59)60)27(78-46)18-75-48-20(11-52)4-7-28(57)58)33(66)37(70)45(77-25)80-40-24(14-55)76-44(36(69)32(40)65)81-42-26(17-74-19-31(63)64)79-47(39(72)34(42)67)84-50-22(13-54)6-9-30(61)62/h11-13,20-27,32-50,55-56,65-72H,4-10,14-19H2,1-3H3,(H3-,57,58,59,60,61,62,63,64)/t20-,21-,22-,23?,24?,25?,26?,27?,32?,33?,34?,35?,36?,37?,38?,39?,40?,41?,42?,43?,44?,45?,46?,47?/m0/s1. The molecular formula is C47H78N4O33. The highest BCUT2D eigenvalue weighted by atomic mass is 16.8. The summed E-state index contributed by atoms with van der Waals surface area (Å²) in [6.45, 7) is -4.47. The highest BCUT2D eigenvalue weighted by Gasteiger charge is 2.56. The maximum Gasteiger partial charge on any atom is 0.303 e. The van der Waals surface area contributed by atoms with Crippen LogP contribution in [0.15, 0.2) is 0 Å². The van der Waals surface area contributed by atoms with E-state index < -0.39 is 223 Å². The highest BCUT2D eigenvalue weighted by molar-refractivity contribution is 5.69. The van der Waals surface area contributed by atoms with Crippen molar-refractivity contribution in [3.05, 3.63) is 0 Å². The largest absolute Gasteiger partial charge is 0.548 e. The monoisotopic (exact) mass is 1230 g/mol. The van der Waals surface area contributed by atoms with E-state index in [0.717, 1.165) is 0 Å². The van der Waals surface area contributed by atoms with E-state index in [-0.39, 0.29) is 43.2 Å². The van der Waals surface area contributed by atoms with E-state index in [1.807, 2.05) is 0 Å². The number of carboxylic acids is 4. The van der Waals surface area contributed by atoms with E-state index in [9.17, 15) is 89.7 Å². The van der Waals surface area contributed by atoms with E-state index >= 15 is 0 Å². The second-order valence-electron chi connectivity index (χ2n) is 21.0. The number of aliphatic carboxylic acids is 4. The lowest BCUT2D eigenvalue weighted by molar-refractivity contribution is -0.873. The number of likely N-dealkylation sites (N-methyl/N-ethyl adjacent to an activating group) is 1. The van der Waals surface area contributed by atoms with Gasteiger partial charge in [0.1, 0.15) is 129 Å². The Morgan fingerprint density at radius 1 is 0.524 bits per heavy atom. The summed E-state index contributed by atoms with van der Waals surface area (Å²) >= 11 is 0. The first-order chi connectivity index (χ1) is 39.6. The molecule has 0 aliphatic carbocycles. The Balaban J connectivity index is 1.57. The summed E-state index contributed by atoms with van der Waals surface area (Å²) in [5.74, 6) is -5.46. The zero-order valence-corrected chi connectivity index (χ0v) is 45.7. The summed E-state index contributed by atoms with van der Waals surface area (Å²) in [4.78, 5) is 95.6. The second-order valence-corrected chi connectivity index (χ2v) is 21.0. The Morgan fingerprint density at radius 3 is 1.31 bits per heavy atom. The van der Waals surface area contributed by atoms with Crippen LogP contribution in [-0.4, -0.2) is 328 Å². The van der Waals surface area contributed by atoms with Crippen molar-refractivity contribution >= 4 is 42.7 Å². The number of carboxylic acid groups (broad SMARTS) is 4. The lowest BCUT2D eigenvalue weighted by Gasteiger charge is -2.49. The molecule has 4 heterocycles. The zero-order valence-electron chi connectivity index (χ0n) is 45.7. The van der Waals surface area contributed by atoms with Crippen molar-refractivity contribution in [1.29, 1.82) is 0 Å². The van der Waals surface area contributed by atoms with E-state index in [0.29, 0.717) is 12.6 Å². The molecule has 84 heavy (non-hydrogen) atoms. The SMILES string of the molecule is C[N+](C)(C)CC(O)COCC1OC(OC2C(CO)OC(OC3C(COCC(=O)[O-])OC(ON[C@H](C=O)CCC(=O)O)C(O)C3O)C(O)C2O)C(O)C(O)C1OC1OC(CON[C@H](C=O)CCC(=O)O)C(ON[C@H](C=O)CCC(=O)O)C(O)C1O. The summed E-state index contributed by atoms with van der Waals surface area (Å²) in [7, 11) is 5.32. The number of nitrogens with one attached hydrogen (secondary N) is 3. The molecule has 0 aromatic rings. The fraction of sp³-hybridized carbons (Fsp3) is 0.851. The first-order valence-corrected chi connectivity index (χ1v) is 26.3. The van der Waals surface area contributed by atoms with Gasteiger partial charge in [0, 0.05) is 19.3 Å². The van der Waals surface area contributed by atoms with Gasteiger partial charge in [-0.25, -0.2) is 0 Å². The molecule has 484 valence electrons. The van der Waals surface area contributed by atoms with Gasteiger partial charge in [-0.3, -0.25) is 28.9 Å². The topological polar surface area (TPSA) is 552 Å². The average molecular weight is 1230 g/mol. The summed E-state index contributed by atoms with van der Waals surface area (Å²) in [6.07, 6.45) is -42.0. The number of nitrogens with zero attached hydrogens (tertiary/aromatic N) is 1. The summed E-state index contributed by atoms with van der Waals surface area (Å²) < 4.78 is 52.1. The number of rotatable bonds is 39. The number of hydrogen-bond acceptors (Lipinski definition) is 33. The minimum absolute atomic E-state index is 0.154. The lowest BCUT2D eigenvalue weighted by Crippen LogP contribution is -2.68. The van der Waals surface area contributed by atoms with Gasteiger partial charge in [-0.15, -0.1) is 0 Å². The summed E-state index contributed by atoms with van der Waals surface area (Å²) in [6, 6.07) is -3.75. The number of aldehydes is 3. The normalized spacial score (nSPS) is 35.3. The fourth-order valence-electron chi connectivity index (χ4n) is 8.84. The minimum atomic E-state index is -2.25. The van der Waals surface area contributed by atoms with Crippen molar-refractivity contribution in [2.45, 2.75) is 186 Å².